The van der Waals surface area contributed by atoms with Gasteiger partial charge in [0.25, 0.3) is 0 Å². The van der Waals surface area contributed by atoms with Crippen LogP contribution in [0, 0.1) is 0 Å². The largest absolute Gasteiger partial charge is 0.506 e. The molecule has 0 saturated carbocycles. The SMILES string of the molecule is O=C1OC(/C=C/c2ccccc2)=NC/1=C\c1cc(Cl)cc(Cl)c1O. The normalized spacial score (nSPS) is 15.8. The van der Waals surface area contributed by atoms with Crippen LogP contribution in [-0.4, -0.2) is 17.0 Å². The summed E-state index contributed by atoms with van der Waals surface area (Å²) in [5, 5.41) is 10.4. The first-order valence-corrected chi connectivity index (χ1v) is 7.72. The minimum absolute atomic E-state index is 0.0522. The maximum atomic E-state index is 11.9. The fourth-order valence-electron chi connectivity index (χ4n) is 2.07. The number of nitrogens with zero attached hydrogens (tertiary/aromatic N) is 1. The third-order valence-electron chi connectivity index (χ3n) is 3.20. The lowest BCUT2D eigenvalue weighted by atomic mass is 10.1. The molecule has 0 spiro atoms. The van der Waals surface area contributed by atoms with Crippen LogP contribution in [0.4, 0.5) is 0 Å². The molecule has 1 N–H and O–H groups in total. The van der Waals surface area contributed by atoms with E-state index in [0.717, 1.165) is 5.56 Å². The van der Waals surface area contributed by atoms with Crippen LogP contribution in [0.25, 0.3) is 12.2 Å². The number of esters is 1. The number of carbonyl (C=O) groups excluding carboxylic acids is 1. The molecule has 1 aliphatic rings. The molecule has 0 saturated heterocycles. The molecule has 0 bridgehead atoms. The molecular formula is C18H11Cl2NO3. The summed E-state index contributed by atoms with van der Waals surface area (Å²) in [4.78, 5) is 16.0. The summed E-state index contributed by atoms with van der Waals surface area (Å²) in [6.07, 6.45) is 4.75. The molecule has 0 atom stereocenters. The van der Waals surface area contributed by atoms with Crippen LogP contribution in [0.3, 0.4) is 0 Å². The molecule has 0 aromatic heterocycles. The highest BCUT2D eigenvalue weighted by Crippen LogP contribution is 2.33. The topological polar surface area (TPSA) is 58.9 Å². The van der Waals surface area contributed by atoms with Gasteiger partial charge >= 0.3 is 5.97 Å². The molecule has 120 valence electrons. The molecule has 0 unspecified atom stereocenters. The monoisotopic (exact) mass is 359 g/mol. The summed E-state index contributed by atoms with van der Waals surface area (Å²) in [6.45, 7) is 0. The van der Waals surface area contributed by atoms with Crippen molar-refractivity contribution in [3.8, 4) is 5.75 Å². The van der Waals surface area contributed by atoms with Gasteiger partial charge in [0.15, 0.2) is 5.70 Å². The van der Waals surface area contributed by atoms with Crippen LogP contribution >= 0.6 is 23.2 Å². The zero-order valence-corrected chi connectivity index (χ0v) is 13.8. The Labute approximate surface area is 148 Å². The van der Waals surface area contributed by atoms with Gasteiger partial charge in [-0.25, -0.2) is 9.79 Å². The summed E-state index contributed by atoms with van der Waals surface area (Å²) in [5.74, 6) is -0.620. The zero-order chi connectivity index (χ0) is 17.1. The van der Waals surface area contributed by atoms with E-state index in [2.05, 4.69) is 4.99 Å². The van der Waals surface area contributed by atoms with Crippen molar-refractivity contribution >= 4 is 47.2 Å². The molecule has 1 aliphatic heterocycles. The van der Waals surface area contributed by atoms with Gasteiger partial charge < -0.3 is 9.84 Å². The fourth-order valence-corrected chi connectivity index (χ4v) is 2.58. The number of ether oxygens (including phenoxy) is 1. The standard InChI is InChI=1S/C18H11Cl2NO3/c19-13-8-12(17(22)14(20)10-13)9-15-18(23)24-16(21-15)7-6-11-4-2-1-3-5-11/h1-10,22H/b7-6+,15-9-. The first kappa shape index (κ1) is 16.3. The van der Waals surface area contributed by atoms with Crippen molar-refractivity contribution in [2.45, 2.75) is 0 Å². The van der Waals surface area contributed by atoms with Gasteiger partial charge in [0.1, 0.15) is 5.75 Å². The second-order valence-electron chi connectivity index (χ2n) is 4.94. The molecule has 24 heavy (non-hydrogen) atoms. The molecule has 2 aromatic carbocycles. The molecule has 0 aliphatic carbocycles. The third-order valence-corrected chi connectivity index (χ3v) is 3.71. The molecule has 6 heteroatoms. The Morgan fingerprint density at radius 2 is 1.83 bits per heavy atom. The molecule has 3 rings (SSSR count). The highest BCUT2D eigenvalue weighted by Gasteiger charge is 2.22. The van der Waals surface area contributed by atoms with Crippen LogP contribution in [0.2, 0.25) is 10.0 Å². The average Bonchev–Trinajstić information content (AvgIpc) is 2.91. The van der Waals surface area contributed by atoms with Crippen molar-refractivity contribution in [3.05, 3.63) is 75.4 Å². The summed E-state index contributed by atoms with van der Waals surface area (Å²) in [6, 6.07) is 12.4. The number of cyclic esters (lactones) is 1. The van der Waals surface area contributed by atoms with Gasteiger partial charge in [-0.15, -0.1) is 0 Å². The number of phenols is 1. The number of phenolic OH excluding ortho intramolecular Hbond substituents is 1. The predicted molar refractivity (Wildman–Crippen MR) is 95.1 cm³/mol. The maximum absolute atomic E-state index is 11.9. The molecule has 0 radical (unpaired) electrons. The third kappa shape index (κ3) is 3.67. The van der Waals surface area contributed by atoms with Crippen molar-refractivity contribution in [2.75, 3.05) is 0 Å². The number of hydrogen-bond donors (Lipinski definition) is 1. The minimum Gasteiger partial charge on any atom is -0.506 e. The van der Waals surface area contributed by atoms with E-state index in [-0.39, 0.29) is 27.9 Å². The number of benzene rings is 2. The van der Waals surface area contributed by atoms with Gasteiger partial charge in [-0.3, -0.25) is 0 Å². The molecule has 4 nitrogen and oxygen atoms in total. The number of carbonyl (C=O) groups is 1. The average molecular weight is 360 g/mol. The number of aromatic hydroxyl groups is 1. The molecule has 2 aromatic rings. The maximum Gasteiger partial charge on any atom is 0.363 e. The minimum atomic E-state index is -0.613. The Morgan fingerprint density at radius 1 is 1.08 bits per heavy atom. The molecule has 0 amide bonds. The van der Waals surface area contributed by atoms with E-state index in [0.29, 0.717) is 5.02 Å². The van der Waals surface area contributed by atoms with Gasteiger partial charge in [0, 0.05) is 16.7 Å². The number of hydrogen-bond acceptors (Lipinski definition) is 4. The van der Waals surface area contributed by atoms with E-state index in [1.54, 1.807) is 12.2 Å². The van der Waals surface area contributed by atoms with E-state index in [9.17, 15) is 9.90 Å². The smallest absolute Gasteiger partial charge is 0.363 e. The Morgan fingerprint density at radius 3 is 2.58 bits per heavy atom. The van der Waals surface area contributed by atoms with Gasteiger partial charge in [-0.2, -0.15) is 0 Å². The molecule has 0 fully saturated rings. The van der Waals surface area contributed by atoms with E-state index < -0.39 is 5.97 Å². The van der Waals surface area contributed by atoms with Crippen LogP contribution in [0.15, 0.2) is 59.2 Å². The van der Waals surface area contributed by atoms with E-state index in [1.165, 1.54) is 18.2 Å². The van der Waals surface area contributed by atoms with Crippen molar-refractivity contribution in [3.63, 3.8) is 0 Å². The van der Waals surface area contributed by atoms with Gasteiger partial charge in [0.05, 0.1) is 5.02 Å². The predicted octanol–water partition coefficient (Wildman–Crippen LogP) is 4.71. The lowest BCUT2D eigenvalue weighted by Gasteiger charge is -2.02. The Hall–Kier alpha value is -2.56. The second-order valence-corrected chi connectivity index (χ2v) is 5.78. The first-order chi connectivity index (χ1) is 11.5. The van der Waals surface area contributed by atoms with Crippen molar-refractivity contribution in [2.24, 2.45) is 4.99 Å². The number of halogens is 2. The zero-order valence-electron chi connectivity index (χ0n) is 12.2. The van der Waals surface area contributed by atoms with E-state index in [1.807, 2.05) is 30.3 Å². The Kier molecular flexibility index (Phi) is 4.69. The molecule has 1 heterocycles. The summed E-state index contributed by atoms with van der Waals surface area (Å²) in [5.41, 5.74) is 1.29. The van der Waals surface area contributed by atoms with Gasteiger partial charge in [0.2, 0.25) is 5.90 Å². The van der Waals surface area contributed by atoms with Crippen molar-refractivity contribution < 1.29 is 14.6 Å². The van der Waals surface area contributed by atoms with Gasteiger partial charge in [-0.1, -0.05) is 53.5 Å². The van der Waals surface area contributed by atoms with Crippen LogP contribution in [0.1, 0.15) is 11.1 Å². The Balaban J connectivity index is 1.88. The van der Waals surface area contributed by atoms with Crippen molar-refractivity contribution in [1.82, 2.24) is 0 Å². The highest BCUT2D eigenvalue weighted by atomic mass is 35.5. The first-order valence-electron chi connectivity index (χ1n) is 6.96. The van der Waals surface area contributed by atoms with Gasteiger partial charge in [-0.05, 0) is 29.8 Å². The summed E-state index contributed by atoms with van der Waals surface area (Å²) >= 11 is 11.8. The lowest BCUT2D eigenvalue weighted by molar-refractivity contribution is -0.129. The van der Waals surface area contributed by atoms with E-state index in [4.69, 9.17) is 27.9 Å². The quantitative estimate of drug-likeness (QED) is 0.637. The van der Waals surface area contributed by atoms with Crippen LogP contribution in [-0.2, 0) is 9.53 Å². The van der Waals surface area contributed by atoms with Crippen LogP contribution < -0.4 is 0 Å². The second kappa shape index (κ2) is 6.91. The molecular weight excluding hydrogens is 349 g/mol. The van der Waals surface area contributed by atoms with Crippen molar-refractivity contribution in [1.29, 1.82) is 0 Å². The summed E-state index contributed by atoms with van der Waals surface area (Å²) in [7, 11) is 0. The summed E-state index contributed by atoms with van der Waals surface area (Å²) < 4.78 is 5.08. The lowest BCUT2D eigenvalue weighted by Crippen LogP contribution is -2.01. The Bertz CT molecular complexity index is 887. The fraction of sp³-hybridized carbons (Fsp3) is 0. The number of rotatable bonds is 3. The highest BCUT2D eigenvalue weighted by molar-refractivity contribution is 6.36. The van der Waals surface area contributed by atoms with Crippen LogP contribution in [0.5, 0.6) is 5.75 Å². The van der Waals surface area contributed by atoms with E-state index >= 15 is 0 Å². The number of aliphatic imine (C=N–C) groups is 1.